The van der Waals surface area contributed by atoms with Crippen molar-refractivity contribution < 1.29 is 28.5 Å². The first-order chi connectivity index (χ1) is 19.1. The second kappa shape index (κ2) is 12.2. The van der Waals surface area contributed by atoms with Gasteiger partial charge in [-0.3, -0.25) is 0 Å². The Hall–Kier alpha value is -4.13. The van der Waals surface area contributed by atoms with E-state index in [9.17, 15) is 4.79 Å². The number of benzene rings is 4. The molecule has 1 fully saturated rings. The summed E-state index contributed by atoms with van der Waals surface area (Å²) in [5.41, 5.74) is 2.37. The smallest absolute Gasteiger partial charge is 0.338 e. The number of carbonyl (C=O) groups excluding carboxylic acids is 1. The molecule has 0 amide bonds. The molecule has 1 aliphatic heterocycles. The minimum atomic E-state index is -0.972. The van der Waals surface area contributed by atoms with Gasteiger partial charge in [-0.15, -0.1) is 0 Å². The van der Waals surface area contributed by atoms with E-state index in [2.05, 4.69) is 12.1 Å². The number of esters is 1. The number of hydrogen-bond acceptors (Lipinski definition) is 6. The fraction of sp³-hybridized carbons (Fsp3) is 0.242. The predicted molar refractivity (Wildman–Crippen MR) is 148 cm³/mol. The lowest BCUT2D eigenvalue weighted by Crippen LogP contribution is -2.41. The standard InChI is InChI=1S/C33H32O6/c1-35-28-17-13-26(14-18-28)33(25-11-7-4-8-12-25,27-15-19-29(36-2)20-16-27)39-30-21-22-37-31(30)23-38-32(34)24-9-5-3-6-10-24/h3-20,30-31H,21-23H2,1-2H3/t30-,31+/m0/s1. The van der Waals surface area contributed by atoms with E-state index >= 15 is 0 Å². The van der Waals surface area contributed by atoms with Gasteiger partial charge >= 0.3 is 5.97 Å². The van der Waals surface area contributed by atoms with Gasteiger partial charge in [-0.2, -0.15) is 0 Å². The largest absolute Gasteiger partial charge is 0.497 e. The molecular weight excluding hydrogens is 492 g/mol. The van der Waals surface area contributed by atoms with E-state index in [-0.39, 0.29) is 18.7 Å². The SMILES string of the molecule is COc1ccc(C(O[C@H]2CCO[C@@H]2COC(=O)c2ccccc2)(c2ccccc2)c2ccc(OC)cc2)cc1. The quantitative estimate of drug-likeness (QED) is 0.187. The van der Waals surface area contributed by atoms with Gasteiger partial charge in [0, 0.05) is 6.61 Å². The normalized spacial score (nSPS) is 17.0. The van der Waals surface area contributed by atoms with Crippen molar-refractivity contribution in [2.45, 2.75) is 24.2 Å². The van der Waals surface area contributed by atoms with Gasteiger partial charge in [-0.25, -0.2) is 4.79 Å². The zero-order valence-electron chi connectivity index (χ0n) is 22.1. The summed E-state index contributed by atoms with van der Waals surface area (Å²) in [6.07, 6.45) is -0.0933. The van der Waals surface area contributed by atoms with Crippen molar-refractivity contribution in [2.75, 3.05) is 27.4 Å². The van der Waals surface area contributed by atoms with E-state index < -0.39 is 11.7 Å². The predicted octanol–water partition coefficient (Wildman–Crippen LogP) is 6.03. The Kier molecular flexibility index (Phi) is 8.25. The van der Waals surface area contributed by atoms with Crippen molar-refractivity contribution in [2.24, 2.45) is 0 Å². The maximum atomic E-state index is 12.6. The molecule has 39 heavy (non-hydrogen) atoms. The molecule has 5 rings (SSSR count). The second-order valence-electron chi connectivity index (χ2n) is 9.32. The summed E-state index contributed by atoms with van der Waals surface area (Å²) >= 11 is 0. The lowest BCUT2D eigenvalue weighted by Gasteiger charge is -2.39. The third-order valence-electron chi connectivity index (χ3n) is 7.04. The first kappa shape index (κ1) is 26.5. The maximum Gasteiger partial charge on any atom is 0.338 e. The van der Waals surface area contributed by atoms with Crippen LogP contribution in [0.3, 0.4) is 0 Å². The zero-order valence-corrected chi connectivity index (χ0v) is 22.1. The van der Waals surface area contributed by atoms with E-state index in [1.54, 1.807) is 26.4 Å². The third kappa shape index (κ3) is 5.67. The second-order valence-corrected chi connectivity index (χ2v) is 9.32. The fourth-order valence-corrected chi connectivity index (χ4v) is 4.99. The number of hydrogen-bond donors (Lipinski definition) is 0. The molecule has 0 spiro atoms. The van der Waals surface area contributed by atoms with Crippen LogP contribution < -0.4 is 9.47 Å². The molecule has 200 valence electrons. The molecule has 0 bridgehead atoms. The highest BCUT2D eigenvalue weighted by molar-refractivity contribution is 5.89. The summed E-state index contributed by atoms with van der Waals surface area (Å²) in [5.74, 6) is 1.13. The number of rotatable bonds is 10. The van der Waals surface area contributed by atoms with Gasteiger partial charge < -0.3 is 23.7 Å². The summed E-state index contributed by atoms with van der Waals surface area (Å²) in [5, 5.41) is 0. The number of methoxy groups -OCH3 is 2. The Balaban J connectivity index is 1.52. The van der Waals surface area contributed by atoms with E-state index in [0.717, 1.165) is 28.2 Å². The van der Waals surface area contributed by atoms with E-state index in [1.807, 2.05) is 84.9 Å². The maximum absolute atomic E-state index is 12.6. The molecule has 6 heteroatoms. The lowest BCUT2D eigenvalue weighted by atomic mass is 9.79. The monoisotopic (exact) mass is 524 g/mol. The van der Waals surface area contributed by atoms with Crippen molar-refractivity contribution in [1.82, 2.24) is 0 Å². The minimum absolute atomic E-state index is 0.0918. The lowest BCUT2D eigenvalue weighted by molar-refractivity contribution is -0.0920. The minimum Gasteiger partial charge on any atom is -0.497 e. The topological polar surface area (TPSA) is 63.2 Å². The molecule has 0 unspecified atom stereocenters. The summed E-state index contributed by atoms with van der Waals surface area (Å²) in [4.78, 5) is 12.6. The summed E-state index contributed by atoms with van der Waals surface area (Å²) in [6.45, 7) is 0.600. The van der Waals surface area contributed by atoms with Crippen LogP contribution in [0.5, 0.6) is 11.5 Å². The Labute approximate surface area is 229 Å². The third-order valence-corrected chi connectivity index (χ3v) is 7.04. The van der Waals surface area contributed by atoms with Gasteiger partial charge in [0.15, 0.2) is 0 Å². The molecule has 1 aliphatic rings. The van der Waals surface area contributed by atoms with Gasteiger partial charge in [0.05, 0.1) is 25.9 Å². The first-order valence-corrected chi connectivity index (χ1v) is 13.0. The van der Waals surface area contributed by atoms with Gasteiger partial charge in [0.1, 0.15) is 29.8 Å². The Morgan fingerprint density at radius 2 is 1.26 bits per heavy atom. The van der Waals surface area contributed by atoms with E-state index in [4.69, 9.17) is 23.7 Å². The van der Waals surface area contributed by atoms with Gasteiger partial charge in [0.2, 0.25) is 0 Å². The average molecular weight is 525 g/mol. The fourth-order valence-electron chi connectivity index (χ4n) is 4.99. The molecule has 2 atom stereocenters. The van der Waals surface area contributed by atoms with Crippen LogP contribution in [0.4, 0.5) is 0 Å². The molecular formula is C33H32O6. The van der Waals surface area contributed by atoms with Crippen LogP contribution in [-0.2, 0) is 19.8 Å². The van der Waals surface area contributed by atoms with Crippen molar-refractivity contribution in [3.05, 3.63) is 131 Å². The van der Waals surface area contributed by atoms with E-state index in [1.165, 1.54) is 0 Å². The first-order valence-electron chi connectivity index (χ1n) is 13.0. The molecule has 4 aromatic carbocycles. The van der Waals surface area contributed by atoms with Crippen LogP contribution in [0.2, 0.25) is 0 Å². The molecule has 0 radical (unpaired) electrons. The van der Waals surface area contributed by atoms with Crippen molar-refractivity contribution in [3.63, 3.8) is 0 Å². The van der Waals surface area contributed by atoms with Crippen molar-refractivity contribution in [1.29, 1.82) is 0 Å². The van der Waals surface area contributed by atoms with Crippen molar-refractivity contribution >= 4 is 5.97 Å². The highest BCUT2D eigenvalue weighted by Gasteiger charge is 2.43. The zero-order chi connectivity index (χ0) is 27.1. The van der Waals surface area contributed by atoms with Crippen LogP contribution in [-0.4, -0.2) is 45.6 Å². The molecule has 0 aliphatic carbocycles. The highest BCUT2D eigenvalue weighted by Crippen LogP contribution is 2.44. The molecule has 6 nitrogen and oxygen atoms in total. The summed E-state index contributed by atoms with van der Waals surface area (Å²) < 4.78 is 29.7. The Bertz CT molecular complexity index is 1290. The van der Waals surface area contributed by atoms with Crippen molar-refractivity contribution in [3.8, 4) is 11.5 Å². The van der Waals surface area contributed by atoms with Crippen LogP contribution >= 0.6 is 0 Å². The van der Waals surface area contributed by atoms with Crippen LogP contribution in [0, 0.1) is 0 Å². The number of carbonyl (C=O) groups is 1. The van der Waals surface area contributed by atoms with E-state index in [0.29, 0.717) is 18.6 Å². The molecule has 1 heterocycles. The summed E-state index contributed by atoms with van der Waals surface area (Å²) in [6, 6.07) is 34.9. The van der Waals surface area contributed by atoms with Crippen LogP contribution in [0.25, 0.3) is 0 Å². The van der Waals surface area contributed by atoms with Gasteiger partial charge in [0.25, 0.3) is 0 Å². The Morgan fingerprint density at radius 3 is 1.79 bits per heavy atom. The summed E-state index contributed by atoms with van der Waals surface area (Å²) in [7, 11) is 3.30. The Morgan fingerprint density at radius 1 is 0.744 bits per heavy atom. The van der Waals surface area contributed by atoms with Gasteiger partial charge in [-0.1, -0.05) is 72.8 Å². The molecule has 1 saturated heterocycles. The molecule has 4 aromatic rings. The van der Waals surface area contributed by atoms with Crippen LogP contribution in [0.1, 0.15) is 33.5 Å². The highest BCUT2D eigenvalue weighted by atomic mass is 16.6. The number of ether oxygens (including phenoxy) is 5. The molecule has 0 N–H and O–H groups in total. The average Bonchev–Trinajstić information content (AvgIpc) is 3.46. The molecule has 0 saturated carbocycles. The van der Waals surface area contributed by atoms with Gasteiger partial charge in [-0.05, 0) is 59.5 Å². The van der Waals surface area contributed by atoms with Crippen LogP contribution in [0.15, 0.2) is 109 Å². The molecule has 0 aromatic heterocycles.